The third-order valence-corrected chi connectivity index (χ3v) is 4.42. The summed E-state index contributed by atoms with van der Waals surface area (Å²) >= 11 is 1.35. The van der Waals surface area contributed by atoms with Crippen molar-refractivity contribution in [1.29, 1.82) is 0 Å². The van der Waals surface area contributed by atoms with Gasteiger partial charge in [-0.25, -0.2) is 4.39 Å². The van der Waals surface area contributed by atoms with E-state index in [-0.39, 0.29) is 30.6 Å². The molecular formula is C20H17FN2O3S. The first-order chi connectivity index (χ1) is 13.1. The molecule has 0 radical (unpaired) electrons. The number of benzene rings is 2. The van der Waals surface area contributed by atoms with Crippen LogP contribution in [-0.4, -0.2) is 18.4 Å². The number of hydrogen-bond acceptors (Lipinski definition) is 4. The van der Waals surface area contributed by atoms with Crippen LogP contribution in [-0.2, 0) is 4.79 Å². The number of anilines is 1. The molecule has 0 saturated carbocycles. The van der Waals surface area contributed by atoms with Gasteiger partial charge in [0, 0.05) is 24.7 Å². The van der Waals surface area contributed by atoms with Crippen molar-refractivity contribution in [1.82, 2.24) is 5.32 Å². The van der Waals surface area contributed by atoms with Crippen molar-refractivity contribution in [2.75, 3.05) is 11.9 Å². The van der Waals surface area contributed by atoms with Crippen molar-refractivity contribution in [3.63, 3.8) is 0 Å². The Bertz CT molecular complexity index is 911. The molecule has 2 amide bonds. The normalized spacial score (nSPS) is 10.3. The molecule has 1 heterocycles. The zero-order valence-electron chi connectivity index (χ0n) is 14.3. The summed E-state index contributed by atoms with van der Waals surface area (Å²) in [6.07, 6.45) is 0.165. The van der Waals surface area contributed by atoms with Crippen molar-refractivity contribution in [3.05, 3.63) is 76.7 Å². The fourth-order valence-electron chi connectivity index (χ4n) is 2.28. The van der Waals surface area contributed by atoms with Gasteiger partial charge in [0.1, 0.15) is 17.3 Å². The van der Waals surface area contributed by atoms with Crippen LogP contribution in [0.4, 0.5) is 10.1 Å². The monoisotopic (exact) mass is 384 g/mol. The maximum atomic E-state index is 13.2. The predicted octanol–water partition coefficient (Wildman–Crippen LogP) is 4.44. The summed E-state index contributed by atoms with van der Waals surface area (Å²) in [5, 5.41) is 7.27. The summed E-state index contributed by atoms with van der Waals surface area (Å²) in [7, 11) is 0. The quantitative estimate of drug-likeness (QED) is 0.633. The van der Waals surface area contributed by atoms with Crippen molar-refractivity contribution in [3.8, 4) is 11.5 Å². The van der Waals surface area contributed by atoms with Crippen LogP contribution in [0.25, 0.3) is 0 Å². The number of ether oxygens (including phenoxy) is 1. The van der Waals surface area contributed by atoms with Gasteiger partial charge < -0.3 is 15.4 Å². The Morgan fingerprint density at radius 2 is 1.81 bits per heavy atom. The van der Waals surface area contributed by atoms with Crippen LogP contribution in [0.5, 0.6) is 11.5 Å². The van der Waals surface area contributed by atoms with Crippen LogP contribution >= 0.6 is 11.3 Å². The molecule has 0 bridgehead atoms. The summed E-state index contributed by atoms with van der Waals surface area (Å²) in [5.74, 6) is 0.162. The first kappa shape index (κ1) is 18.6. The fourth-order valence-corrected chi connectivity index (χ4v) is 2.92. The van der Waals surface area contributed by atoms with Gasteiger partial charge in [0.05, 0.1) is 4.88 Å². The maximum absolute atomic E-state index is 13.2. The standard InChI is InChI=1S/C20H17FN2O3S/c21-14-3-1-4-17(13-14)26-16-8-6-15(7-9-16)23-19(24)10-11-22-20(25)18-5-2-12-27-18/h1-9,12-13H,10-11H2,(H,22,25)(H,23,24). The zero-order valence-corrected chi connectivity index (χ0v) is 15.1. The molecule has 2 aromatic carbocycles. The molecule has 2 N–H and O–H groups in total. The van der Waals surface area contributed by atoms with Crippen LogP contribution in [0, 0.1) is 5.82 Å². The van der Waals surface area contributed by atoms with E-state index in [1.807, 2.05) is 5.38 Å². The minimum Gasteiger partial charge on any atom is -0.457 e. The lowest BCUT2D eigenvalue weighted by molar-refractivity contribution is -0.116. The van der Waals surface area contributed by atoms with Crippen LogP contribution in [0.15, 0.2) is 66.0 Å². The van der Waals surface area contributed by atoms with Gasteiger partial charge in [-0.2, -0.15) is 0 Å². The molecular weight excluding hydrogens is 367 g/mol. The molecule has 138 valence electrons. The smallest absolute Gasteiger partial charge is 0.261 e. The number of nitrogens with one attached hydrogen (secondary N) is 2. The number of thiophene rings is 1. The lowest BCUT2D eigenvalue weighted by Gasteiger charge is -2.08. The molecule has 0 fully saturated rings. The molecule has 5 nitrogen and oxygen atoms in total. The average Bonchev–Trinajstić information content (AvgIpc) is 3.18. The maximum Gasteiger partial charge on any atom is 0.261 e. The number of halogens is 1. The van der Waals surface area contributed by atoms with Crippen molar-refractivity contribution in [2.45, 2.75) is 6.42 Å². The topological polar surface area (TPSA) is 67.4 Å². The fraction of sp³-hybridized carbons (Fsp3) is 0.100. The summed E-state index contributed by atoms with van der Waals surface area (Å²) in [4.78, 5) is 24.4. The van der Waals surface area contributed by atoms with E-state index in [1.54, 1.807) is 48.5 Å². The number of rotatable bonds is 7. The van der Waals surface area contributed by atoms with Crippen molar-refractivity contribution < 1.29 is 18.7 Å². The van der Waals surface area contributed by atoms with Crippen LogP contribution < -0.4 is 15.4 Å². The highest BCUT2D eigenvalue weighted by atomic mass is 32.1. The van der Waals surface area contributed by atoms with E-state index in [4.69, 9.17) is 4.74 Å². The first-order valence-corrected chi connectivity index (χ1v) is 9.13. The van der Waals surface area contributed by atoms with Crippen LogP contribution in [0.1, 0.15) is 16.1 Å². The van der Waals surface area contributed by atoms with Gasteiger partial charge in [-0.15, -0.1) is 11.3 Å². The second-order valence-electron chi connectivity index (χ2n) is 5.62. The van der Waals surface area contributed by atoms with Crippen molar-refractivity contribution >= 4 is 28.8 Å². The SMILES string of the molecule is O=C(CCNC(=O)c1cccs1)Nc1ccc(Oc2cccc(F)c2)cc1. The second-order valence-corrected chi connectivity index (χ2v) is 6.56. The van der Waals surface area contributed by atoms with E-state index in [0.717, 1.165) is 0 Å². The zero-order chi connectivity index (χ0) is 19.1. The average molecular weight is 384 g/mol. The molecule has 27 heavy (non-hydrogen) atoms. The number of amides is 2. The van der Waals surface area contributed by atoms with Gasteiger partial charge in [-0.1, -0.05) is 12.1 Å². The summed E-state index contributed by atoms with van der Waals surface area (Å²) in [6, 6.07) is 16.1. The molecule has 0 saturated heterocycles. The van der Waals surface area contributed by atoms with Crippen LogP contribution in [0.2, 0.25) is 0 Å². The summed E-state index contributed by atoms with van der Waals surface area (Å²) in [6.45, 7) is 0.253. The molecule has 0 aliphatic carbocycles. The highest BCUT2D eigenvalue weighted by Crippen LogP contribution is 2.23. The molecule has 0 aliphatic heterocycles. The van der Waals surface area contributed by atoms with E-state index in [2.05, 4.69) is 10.6 Å². The Kier molecular flexibility index (Phi) is 6.17. The summed E-state index contributed by atoms with van der Waals surface area (Å²) < 4.78 is 18.7. The minimum absolute atomic E-state index is 0.165. The molecule has 0 aliphatic rings. The largest absolute Gasteiger partial charge is 0.457 e. The highest BCUT2D eigenvalue weighted by Gasteiger charge is 2.08. The summed E-state index contributed by atoms with van der Waals surface area (Å²) in [5.41, 5.74) is 0.608. The van der Waals surface area contributed by atoms with E-state index in [9.17, 15) is 14.0 Å². The number of hydrogen-bond donors (Lipinski definition) is 2. The Hall–Kier alpha value is -3.19. The Labute approximate surface area is 159 Å². The minimum atomic E-state index is -0.373. The van der Waals surface area contributed by atoms with Gasteiger partial charge in [-0.3, -0.25) is 9.59 Å². The van der Waals surface area contributed by atoms with E-state index >= 15 is 0 Å². The lowest BCUT2D eigenvalue weighted by Crippen LogP contribution is -2.27. The molecule has 0 spiro atoms. The Balaban J connectivity index is 1.45. The van der Waals surface area contributed by atoms with E-state index in [0.29, 0.717) is 22.1 Å². The third kappa shape index (κ3) is 5.65. The number of carbonyl (C=O) groups excluding carboxylic acids is 2. The molecule has 3 rings (SSSR count). The predicted molar refractivity (Wildman–Crippen MR) is 103 cm³/mol. The van der Waals surface area contributed by atoms with Gasteiger partial charge in [0.2, 0.25) is 5.91 Å². The van der Waals surface area contributed by atoms with E-state index < -0.39 is 0 Å². The van der Waals surface area contributed by atoms with E-state index in [1.165, 1.54) is 23.5 Å². The molecule has 0 unspecified atom stereocenters. The third-order valence-electron chi connectivity index (χ3n) is 3.55. The molecule has 1 aromatic heterocycles. The van der Waals surface area contributed by atoms with Gasteiger partial charge in [0.15, 0.2) is 0 Å². The van der Waals surface area contributed by atoms with Crippen molar-refractivity contribution in [2.24, 2.45) is 0 Å². The number of carbonyl (C=O) groups is 2. The Morgan fingerprint density at radius 3 is 2.52 bits per heavy atom. The van der Waals surface area contributed by atoms with Gasteiger partial charge in [-0.05, 0) is 47.8 Å². The van der Waals surface area contributed by atoms with Gasteiger partial charge >= 0.3 is 0 Å². The second kappa shape index (κ2) is 8.95. The molecule has 0 atom stereocenters. The lowest BCUT2D eigenvalue weighted by atomic mass is 10.2. The molecule has 3 aromatic rings. The Morgan fingerprint density at radius 1 is 1.00 bits per heavy atom. The first-order valence-electron chi connectivity index (χ1n) is 8.25. The molecule has 7 heteroatoms. The van der Waals surface area contributed by atoms with Gasteiger partial charge in [0.25, 0.3) is 5.91 Å². The highest BCUT2D eigenvalue weighted by molar-refractivity contribution is 7.12. The van der Waals surface area contributed by atoms with Crippen LogP contribution in [0.3, 0.4) is 0 Å².